The summed E-state index contributed by atoms with van der Waals surface area (Å²) in [6.45, 7) is 4.85. The summed E-state index contributed by atoms with van der Waals surface area (Å²) in [4.78, 5) is 28.4. The second-order valence-corrected chi connectivity index (χ2v) is 6.58. The lowest BCUT2D eigenvalue weighted by Crippen LogP contribution is -2.55. The lowest BCUT2D eigenvalue weighted by molar-refractivity contribution is -0.126. The van der Waals surface area contributed by atoms with E-state index in [-0.39, 0.29) is 17.9 Å². The van der Waals surface area contributed by atoms with E-state index in [0.29, 0.717) is 19.1 Å². The maximum Gasteiger partial charge on any atom is 0.254 e. The van der Waals surface area contributed by atoms with Crippen LogP contribution in [0.15, 0.2) is 16.8 Å². The molecule has 1 unspecified atom stereocenters. The van der Waals surface area contributed by atoms with Gasteiger partial charge < -0.3 is 10.2 Å². The first-order chi connectivity index (χ1) is 10.1. The highest BCUT2D eigenvalue weighted by atomic mass is 32.1. The first-order valence-corrected chi connectivity index (χ1v) is 8.45. The highest BCUT2D eigenvalue weighted by molar-refractivity contribution is 7.08. The standard InChI is InChI=1S/C15H21N3O2S/c1-11(14(19)16-13-2-3-13)17-5-7-18(8-6-17)15(20)12-4-9-21-10-12/h4,9-11,13H,2-3,5-8H2,1H3,(H,16,19). The number of hydrogen-bond donors (Lipinski definition) is 1. The lowest BCUT2D eigenvalue weighted by Gasteiger charge is -2.37. The Kier molecular flexibility index (Phi) is 4.26. The molecule has 5 nitrogen and oxygen atoms in total. The molecule has 1 N–H and O–H groups in total. The minimum Gasteiger partial charge on any atom is -0.352 e. The third-order valence-corrected chi connectivity index (χ3v) is 4.90. The van der Waals surface area contributed by atoms with Crippen molar-refractivity contribution in [2.75, 3.05) is 26.2 Å². The first kappa shape index (κ1) is 14.5. The van der Waals surface area contributed by atoms with Gasteiger partial charge in [0, 0.05) is 37.6 Å². The van der Waals surface area contributed by atoms with Crippen molar-refractivity contribution in [3.63, 3.8) is 0 Å². The zero-order valence-electron chi connectivity index (χ0n) is 12.2. The van der Waals surface area contributed by atoms with E-state index in [1.165, 1.54) is 0 Å². The van der Waals surface area contributed by atoms with Gasteiger partial charge in [0.1, 0.15) is 0 Å². The normalized spacial score (nSPS) is 21.1. The summed E-state index contributed by atoms with van der Waals surface area (Å²) in [6, 6.07) is 2.16. The Hall–Kier alpha value is -1.40. The van der Waals surface area contributed by atoms with Crippen LogP contribution in [0.4, 0.5) is 0 Å². The molecule has 21 heavy (non-hydrogen) atoms. The SMILES string of the molecule is CC(C(=O)NC1CC1)N1CCN(C(=O)c2ccsc2)CC1. The molecule has 0 radical (unpaired) electrons. The third kappa shape index (κ3) is 3.44. The smallest absolute Gasteiger partial charge is 0.254 e. The van der Waals surface area contributed by atoms with E-state index in [9.17, 15) is 9.59 Å². The number of amides is 2. The maximum absolute atomic E-state index is 12.3. The summed E-state index contributed by atoms with van der Waals surface area (Å²) in [5.41, 5.74) is 0.771. The summed E-state index contributed by atoms with van der Waals surface area (Å²) < 4.78 is 0. The van der Waals surface area contributed by atoms with Gasteiger partial charge in [-0.3, -0.25) is 14.5 Å². The van der Waals surface area contributed by atoms with Crippen molar-refractivity contribution in [1.82, 2.24) is 15.1 Å². The minimum atomic E-state index is -0.107. The molecule has 2 aliphatic rings. The van der Waals surface area contributed by atoms with E-state index < -0.39 is 0 Å². The van der Waals surface area contributed by atoms with E-state index in [2.05, 4.69) is 10.2 Å². The molecule has 1 aromatic rings. The van der Waals surface area contributed by atoms with Crippen molar-refractivity contribution in [1.29, 1.82) is 0 Å². The van der Waals surface area contributed by atoms with Gasteiger partial charge in [-0.25, -0.2) is 0 Å². The van der Waals surface area contributed by atoms with Gasteiger partial charge >= 0.3 is 0 Å². The molecule has 0 aromatic carbocycles. The van der Waals surface area contributed by atoms with Crippen molar-refractivity contribution in [2.45, 2.75) is 31.8 Å². The van der Waals surface area contributed by atoms with Crippen LogP contribution in [0.25, 0.3) is 0 Å². The summed E-state index contributed by atoms with van der Waals surface area (Å²) in [5.74, 6) is 0.223. The highest BCUT2D eigenvalue weighted by Crippen LogP contribution is 2.19. The average molecular weight is 307 g/mol. The molecular weight excluding hydrogens is 286 g/mol. The second-order valence-electron chi connectivity index (χ2n) is 5.80. The van der Waals surface area contributed by atoms with E-state index in [1.807, 2.05) is 28.7 Å². The Labute approximate surface area is 128 Å². The molecule has 6 heteroatoms. The fraction of sp³-hybridized carbons (Fsp3) is 0.600. The largest absolute Gasteiger partial charge is 0.352 e. The van der Waals surface area contributed by atoms with Crippen LogP contribution in [0.5, 0.6) is 0 Å². The van der Waals surface area contributed by atoms with Crippen LogP contribution < -0.4 is 5.32 Å². The van der Waals surface area contributed by atoms with Crippen LogP contribution in [0.3, 0.4) is 0 Å². The average Bonchev–Trinajstić information content (AvgIpc) is 3.15. The predicted molar refractivity (Wildman–Crippen MR) is 82.4 cm³/mol. The Bertz CT molecular complexity index is 505. The zero-order valence-corrected chi connectivity index (χ0v) is 13.1. The Balaban J connectivity index is 1.50. The van der Waals surface area contributed by atoms with E-state index in [4.69, 9.17) is 0 Å². The van der Waals surface area contributed by atoms with Crippen LogP contribution in [0.1, 0.15) is 30.1 Å². The minimum absolute atomic E-state index is 0.103. The first-order valence-electron chi connectivity index (χ1n) is 7.51. The number of carbonyl (C=O) groups excluding carboxylic acids is 2. The van der Waals surface area contributed by atoms with Crippen molar-refractivity contribution in [2.24, 2.45) is 0 Å². The van der Waals surface area contributed by atoms with Crippen molar-refractivity contribution in [3.05, 3.63) is 22.4 Å². The Morgan fingerprint density at radius 1 is 1.29 bits per heavy atom. The van der Waals surface area contributed by atoms with Gasteiger partial charge in [-0.05, 0) is 31.2 Å². The molecule has 2 heterocycles. The van der Waals surface area contributed by atoms with Crippen LogP contribution in [-0.2, 0) is 4.79 Å². The van der Waals surface area contributed by atoms with Gasteiger partial charge in [0.25, 0.3) is 5.91 Å². The fourth-order valence-electron chi connectivity index (χ4n) is 2.60. The van der Waals surface area contributed by atoms with Crippen LogP contribution in [0.2, 0.25) is 0 Å². The number of thiophene rings is 1. The molecule has 1 saturated carbocycles. The quantitative estimate of drug-likeness (QED) is 0.908. The molecular formula is C15H21N3O2S. The number of hydrogen-bond acceptors (Lipinski definition) is 4. The van der Waals surface area contributed by atoms with Gasteiger partial charge in [-0.1, -0.05) is 0 Å². The van der Waals surface area contributed by atoms with Gasteiger partial charge in [0.15, 0.2) is 0 Å². The topological polar surface area (TPSA) is 52.7 Å². The monoisotopic (exact) mass is 307 g/mol. The van der Waals surface area contributed by atoms with Gasteiger partial charge in [-0.15, -0.1) is 0 Å². The number of nitrogens with zero attached hydrogens (tertiary/aromatic N) is 2. The maximum atomic E-state index is 12.3. The van der Waals surface area contributed by atoms with E-state index in [1.54, 1.807) is 11.3 Å². The number of piperazine rings is 1. The molecule has 3 rings (SSSR count). The van der Waals surface area contributed by atoms with Gasteiger partial charge in [0.2, 0.25) is 5.91 Å². The Morgan fingerprint density at radius 2 is 2.00 bits per heavy atom. The third-order valence-electron chi connectivity index (χ3n) is 4.22. The molecule has 2 fully saturated rings. The molecule has 1 aromatic heterocycles. The van der Waals surface area contributed by atoms with E-state index in [0.717, 1.165) is 31.5 Å². The predicted octanol–water partition coefficient (Wildman–Crippen LogP) is 1.17. The Morgan fingerprint density at radius 3 is 2.57 bits per heavy atom. The summed E-state index contributed by atoms with van der Waals surface area (Å²) >= 11 is 1.54. The summed E-state index contributed by atoms with van der Waals surface area (Å²) in [5, 5.41) is 6.86. The molecule has 114 valence electrons. The number of nitrogens with one attached hydrogen (secondary N) is 1. The zero-order chi connectivity index (χ0) is 14.8. The number of rotatable bonds is 4. The molecule has 1 aliphatic heterocycles. The van der Waals surface area contributed by atoms with Crippen LogP contribution >= 0.6 is 11.3 Å². The molecule has 1 aliphatic carbocycles. The summed E-state index contributed by atoms with van der Waals surface area (Å²) in [6.07, 6.45) is 2.22. The van der Waals surface area contributed by atoms with Gasteiger partial charge in [-0.2, -0.15) is 11.3 Å². The molecule has 1 saturated heterocycles. The molecule has 0 spiro atoms. The number of carbonyl (C=O) groups is 2. The molecule has 1 atom stereocenters. The van der Waals surface area contributed by atoms with Crippen LogP contribution in [-0.4, -0.2) is 59.9 Å². The molecule has 0 bridgehead atoms. The summed E-state index contributed by atoms with van der Waals surface area (Å²) in [7, 11) is 0. The van der Waals surface area contributed by atoms with Crippen LogP contribution in [0, 0.1) is 0 Å². The van der Waals surface area contributed by atoms with E-state index >= 15 is 0 Å². The van der Waals surface area contributed by atoms with Crippen molar-refractivity contribution in [3.8, 4) is 0 Å². The second kappa shape index (κ2) is 6.15. The fourth-order valence-corrected chi connectivity index (χ4v) is 3.23. The highest BCUT2D eigenvalue weighted by Gasteiger charge is 2.31. The van der Waals surface area contributed by atoms with Crippen molar-refractivity contribution < 1.29 is 9.59 Å². The lowest BCUT2D eigenvalue weighted by atomic mass is 10.2. The van der Waals surface area contributed by atoms with Gasteiger partial charge in [0.05, 0.1) is 11.6 Å². The van der Waals surface area contributed by atoms with Crippen molar-refractivity contribution >= 4 is 23.2 Å². The molecule has 2 amide bonds.